The highest BCUT2D eigenvalue weighted by molar-refractivity contribution is 7.78. The molecule has 7 heteroatoms. The summed E-state index contributed by atoms with van der Waals surface area (Å²) in [6.07, 6.45) is -3.16. The predicted octanol–water partition coefficient (Wildman–Crippen LogP) is 1.73. The number of aliphatic hydroxyl groups is 2. The molecule has 2 rings (SSSR count). The summed E-state index contributed by atoms with van der Waals surface area (Å²) >= 11 is 4.53. The number of rotatable bonds is 5. The van der Waals surface area contributed by atoms with Gasteiger partial charge in [0.1, 0.15) is 30.2 Å². The lowest BCUT2D eigenvalue weighted by Gasteiger charge is -2.40. The Morgan fingerprint density at radius 2 is 2.00 bits per heavy atom. The SMILES string of the molecule is CC(=O)O[C@@H]1[C@@H](O)[C@@H](O)[C@H](Oc2ccc(CN=C=S)cc2)C[C@H]1C. The Morgan fingerprint density at radius 1 is 1.33 bits per heavy atom. The maximum absolute atomic E-state index is 11.1. The molecule has 0 aromatic heterocycles. The minimum absolute atomic E-state index is 0.131. The van der Waals surface area contributed by atoms with Gasteiger partial charge in [0.25, 0.3) is 0 Å². The number of esters is 1. The van der Waals surface area contributed by atoms with E-state index < -0.39 is 30.4 Å². The first kappa shape index (κ1) is 18.5. The number of hydrogen-bond donors (Lipinski definition) is 2. The third-order valence-electron chi connectivity index (χ3n) is 4.07. The quantitative estimate of drug-likeness (QED) is 0.477. The number of benzene rings is 1. The molecular weight excluding hydrogens is 330 g/mol. The smallest absolute Gasteiger partial charge is 0.303 e. The molecule has 1 aliphatic rings. The molecule has 130 valence electrons. The molecule has 2 N–H and O–H groups in total. The van der Waals surface area contributed by atoms with E-state index in [9.17, 15) is 15.0 Å². The van der Waals surface area contributed by atoms with Crippen LogP contribution in [-0.2, 0) is 16.1 Å². The van der Waals surface area contributed by atoms with Crippen molar-refractivity contribution in [2.24, 2.45) is 10.9 Å². The normalized spacial score (nSPS) is 29.4. The third-order valence-corrected chi connectivity index (χ3v) is 4.20. The topological polar surface area (TPSA) is 88.4 Å². The number of ether oxygens (including phenoxy) is 2. The van der Waals surface area contributed by atoms with Gasteiger partial charge in [-0.3, -0.25) is 4.79 Å². The van der Waals surface area contributed by atoms with E-state index in [4.69, 9.17) is 9.47 Å². The first-order valence-corrected chi connectivity index (χ1v) is 8.15. The highest BCUT2D eigenvalue weighted by Gasteiger charge is 2.44. The van der Waals surface area contributed by atoms with Crippen molar-refractivity contribution in [1.82, 2.24) is 0 Å². The van der Waals surface area contributed by atoms with E-state index in [-0.39, 0.29) is 5.92 Å². The van der Waals surface area contributed by atoms with Crippen molar-refractivity contribution in [2.75, 3.05) is 0 Å². The Morgan fingerprint density at radius 3 is 2.58 bits per heavy atom. The Labute approximate surface area is 146 Å². The van der Waals surface area contributed by atoms with Crippen molar-refractivity contribution in [2.45, 2.75) is 51.2 Å². The Balaban J connectivity index is 2.02. The number of carbonyl (C=O) groups excluding carboxylic acids is 1. The van der Waals surface area contributed by atoms with E-state index in [1.165, 1.54) is 6.92 Å². The standard InChI is InChI=1S/C17H21NO5S/c1-10-7-14(15(20)16(21)17(10)22-11(2)19)23-13-5-3-12(4-6-13)8-18-9-24/h3-6,10,14-17,20-21H,7-8H2,1-2H3/t10-,14-,15+,16+,17+/m1/s1. The van der Waals surface area contributed by atoms with E-state index >= 15 is 0 Å². The molecule has 1 saturated carbocycles. The summed E-state index contributed by atoms with van der Waals surface area (Å²) in [6, 6.07) is 7.25. The molecule has 1 aliphatic carbocycles. The molecule has 0 radical (unpaired) electrons. The van der Waals surface area contributed by atoms with E-state index in [1.54, 1.807) is 12.1 Å². The van der Waals surface area contributed by atoms with Gasteiger partial charge in [0.05, 0.1) is 11.7 Å². The summed E-state index contributed by atoms with van der Waals surface area (Å²) < 4.78 is 10.9. The van der Waals surface area contributed by atoms with Crippen LogP contribution in [0.2, 0.25) is 0 Å². The van der Waals surface area contributed by atoms with Gasteiger partial charge in [-0.2, -0.15) is 0 Å². The van der Waals surface area contributed by atoms with Crippen LogP contribution in [0, 0.1) is 5.92 Å². The lowest BCUT2D eigenvalue weighted by molar-refractivity contribution is -0.182. The van der Waals surface area contributed by atoms with Gasteiger partial charge in [0.2, 0.25) is 0 Å². The van der Waals surface area contributed by atoms with Crippen LogP contribution in [0.4, 0.5) is 0 Å². The van der Waals surface area contributed by atoms with Crippen LogP contribution < -0.4 is 4.74 Å². The minimum atomic E-state index is -1.18. The summed E-state index contributed by atoms with van der Waals surface area (Å²) in [6.45, 7) is 3.59. The van der Waals surface area contributed by atoms with E-state index in [2.05, 4.69) is 22.4 Å². The highest BCUT2D eigenvalue weighted by atomic mass is 32.1. The second-order valence-corrected chi connectivity index (χ2v) is 6.16. The summed E-state index contributed by atoms with van der Waals surface area (Å²) in [7, 11) is 0. The fraction of sp³-hybridized carbons (Fsp3) is 0.529. The molecule has 1 fully saturated rings. The van der Waals surface area contributed by atoms with Crippen LogP contribution in [-0.4, -0.2) is 45.8 Å². The second-order valence-electron chi connectivity index (χ2n) is 5.98. The molecule has 0 aliphatic heterocycles. The fourth-order valence-corrected chi connectivity index (χ4v) is 2.92. The molecule has 0 unspecified atom stereocenters. The van der Waals surface area contributed by atoms with Crippen LogP contribution in [0.5, 0.6) is 5.75 Å². The zero-order valence-corrected chi connectivity index (χ0v) is 14.4. The molecule has 0 bridgehead atoms. The highest BCUT2D eigenvalue weighted by Crippen LogP contribution is 2.31. The van der Waals surface area contributed by atoms with Gasteiger partial charge in [-0.1, -0.05) is 19.1 Å². The Bertz CT molecular complexity index is 614. The van der Waals surface area contributed by atoms with E-state index in [0.717, 1.165) is 5.56 Å². The van der Waals surface area contributed by atoms with Gasteiger partial charge < -0.3 is 19.7 Å². The van der Waals surface area contributed by atoms with Crippen LogP contribution >= 0.6 is 12.2 Å². The Kier molecular flexibility index (Phi) is 6.45. The summed E-state index contributed by atoms with van der Waals surface area (Å²) in [5.74, 6) is -0.0278. The first-order valence-electron chi connectivity index (χ1n) is 7.75. The number of thiocarbonyl (C=S) groups is 1. The number of nitrogens with zero attached hydrogens (tertiary/aromatic N) is 1. The number of carbonyl (C=O) groups is 1. The van der Waals surface area contributed by atoms with E-state index in [0.29, 0.717) is 18.7 Å². The molecule has 0 saturated heterocycles. The van der Waals surface area contributed by atoms with Crippen molar-refractivity contribution in [1.29, 1.82) is 0 Å². The zero-order valence-electron chi connectivity index (χ0n) is 13.6. The van der Waals surface area contributed by atoms with Crippen molar-refractivity contribution < 1.29 is 24.5 Å². The molecule has 5 atom stereocenters. The van der Waals surface area contributed by atoms with Crippen LogP contribution in [0.1, 0.15) is 25.8 Å². The lowest BCUT2D eigenvalue weighted by atomic mass is 9.81. The lowest BCUT2D eigenvalue weighted by Crippen LogP contribution is -2.56. The Hall–Kier alpha value is -1.79. The first-order chi connectivity index (χ1) is 11.4. The summed E-state index contributed by atoms with van der Waals surface area (Å²) in [4.78, 5) is 15.0. The molecule has 0 heterocycles. The van der Waals surface area contributed by atoms with Gasteiger partial charge in [-0.15, -0.1) is 0 Å². The van der Waals surface area contributed by atoms with Crippen molar-refractivity contribution in [3.63, 3.8) is 0 Å². The van der Waals surface area contributed by atoms with Gasteiger partial charge >= 0.3 is 5.97 Å². The monoisotopic (exact) mass is 351 g/mol. The molecule has 1 aromatic carbocycles. The second kappa shape index (κ2) is 8.35. The third kappa shape index (κ3) is 4.61. The van der Waals surface area contributed by atoms with E-state index in [1.807, 2.05) is 19.1 Å². The van der Waals surface area contributed by atoms with Crippen LogP contribution in [0.15, 0.2) is 29.3 Å². The van der Waals surface area contributed by atoms with Crippen molar-refractivity contribution in [3.8, 4) is 5.75 Å². The minimum Gasteiger partial charge on any atom is -0.488 e. The van der Waals surface area contributed by atoms with Crippen molar-refractivity contribution in [3.05, 3.63) is 29.8 Å². The van der Waals surface area contributed by atoms with Crippen molar-refractivity contribution >= 4 is 23.3 Å². The molecule has 6 nitrogen and oxygen atoms in total. The van der Waals surface area contributed by atoms with Gasteiger partial charge in [0, 0.05) is 6.92 Å². The number of aliphatic imine (C=N–C) groups is 1. The maximum Gasteiger partial charge on any atom is 0.303 e. The summed E-state index contributed by atoms with van der Waals surface area (Å²) in [5, 5.41) is 22.8. The number of aliphatic hydroxyl groups excluding tert-OH is 2. The average molecular weight is 351 g/mol. The zero-order chi connectivity index (χ0) is 17.7. The molecular formula is C17H21NO5S. The average Bonchev–Trinajstić information content (AvgIpc) is 2.55. The molecule has 1 aromatic rings. The van der Waals surface area contributed by atoms with Gasteiger partial charge in [-0.05, 0) is 42.3 Å². The number of isothiocyanates is 1. The molecule has 0 spiro atoms. The molecule has 0 amide bonds. The van der Waals surface area contributed by atoms with Crippen LogP contribution in [0.3, 0.4) is 0 Å². The molecule has 24 heavy (non-hydrogen) atoms. The fourth-order valence-electron chi connectivity index (χ4n) is 2.86. The number of hydrogen-bond acceptors (Lipinski definition) is 7. The predicted molar refractivity (Wildman–Crippen MR) is 90.9 cm³/mol. The maximum atomic E-state index is 11.1. The largest absolute Gasteiger partial charge is 0.488 e. The van der Waals surface area contributed by atoms with Crippen LogP contribution in [0.25, 0.3) is 0 Å². The van der Waals surface area contributed by atoms with Gasteiger partial charge in [0.15, 0.2) is 0 Å². The summed E-state index contributed by atoms with van der Waals surface area (Å²) in [5.41, 5.74) is 0.965. The van der Waals surface area contributed by atoms with Gasteiger partial charge in [-0.25, -0.2) is 4.99 Å².